The number of thiophene rings is 1. The number of ether oxygens (including phenoxy) is 2. The number of nitrogens with one attached hydrogen (secondary N) is 1. The van der Waals surface area contributed by atoms with Gasteiger partial charge in [0.2, 0.25) is 0 Å². The second-order valence-electron chi connectivity index (χ2n) is 5.74. The van der Waals surface area contributed by atoms with Crippen LogP contribution in [-0.4, -0.2) is 29.2 Å². The van der Waals surface area contributed by atoms with Crippen LogP contribution in [-0.2, 0) is 4.74 Å². The molecule has 0 atom stereocenters. The third-order valence-electron chi connectivity index (χ3n) is 3.90. The van der Waals surface area contributed by atoms with E-state index in [1.165, 1.54) is 11.3 Å². The summed E-state index contributed by atoms with van der Waals surface area (Å²) in [6.45, 7) is 6.32. The molecule has 6 nitrogen and oxygen atoms in total. The quantitative estimate of drug-likeness (QED) is 0.649. The van der Waals surface area contributed by atoms with Crippen LogP contribution in [0.25, 0.3) is 22.4 Å². The zero-order valence-corrected chi connectivity index (χ0v) is 16.2. The molecule has 0 aliphatic rings. The number of aromatic nitrogens is 2. The first-order chi connectivity index (χ1) is 13.0. The summed E-state index contributed by atoms with van der Waals surface area (Å²) in [4.78, 5) is 32.6. The maximum Gasteiger partial charge on any atom is 0.348 e. The molecule has 0 fully saturated rings. The molecule has 3 rings (SSSR count). The number of fused-ring (bicyclic) bond motifs is 1. The lowest BCUT2D eigenvalue weighted by Crippen LogP contribution is -2.10. The second-order valence-corrected chi connectivity index (χ2v) is 6.74. The van der Waals surface area contributed by atoms with Gasteiger partial charge < -0.3 is 14.5 Å². The van der Waals surface area contributed by atoms with Gasteiger partial charge in [0.1, 0.15) is 21.3 Å². The van der Waals surface area contributed by atoms with Gasteiger partial charge in [-0.1, -0.05) is 18.2 Å². The number of aromatic amines is 1. The van der Waals surface area contributed by atoms with Gasteiger partial charge >= 0.3 is 5.97 Å². The van der Waals surface area contributed by atoms with Crippen molar-refractivity contribution in [3.8, 4) is 5.75 Å². The van der Waals surface area contributed by atoms with E-state index in [0.29, 0.717) is 33.1 Å². The second kappa shape index (κ2) is 8.18. The molecule has 0 aliphatic heterocycles. The molecule has 1 aromatic carbocycles. The van der Waals surface area contributed by atoms with Crippen molar-refractivity contribution < 1.29 is 14.3 Å². The molecule has 0 radical (unpaired) electrons. The summed E-state index contributed by atoms with van der Waals surface area (Å²) >= 11 is 1.17. The van der Waals surface area contributed by atoms with Crippen LogP contribution in [0.3, 0.4) is 0 Å². The standard InChI is InChI=1S/C20H20N2O4S/c1-4-25-14-9-6-13(7-10-14)8-11-15-21-18(23)16-12(3)17(20(24)26-5-2)27-19(16)22-15/h6-11H,4-5H2,1-3H3,(H,21,22,23)/b11-8+. The summed E-state index contributed by atoms with van der Waals surface area (Å²) in [6.07, 6.45) is 3.59. The van der Waals surface area contributed by atoms with Crippen molar-refractivity contribution in [1.29, 1.82) is 0 Å². The van der Waals surface area contributed by atoms with Gasteiger partial charge in [0.15, 0.2) is 0 Å². The van der Waals surface area contributed by atoms with Crippen LogP contribution in [0.15, 0.2) is 29.1 Å². The Labute approximate surface area is 160 Å². The molecule has 7 heteroatoms. The molecule has 0 unspecified atom stereocenters. The number of esters is 1. The number of hydrogen-bond donors (Lipinski definition) is 1. The molecule has 140 valence electrons. The van der Waals surface area contributed by atoms with Gasteiger partial charge in [-0.15, -0.1) is 11.3 Å². The highest BCUT2D eigenvalue weighted by molar-refractivity contribution is 7.20. The SMILES string of the molecule is CCOC(=O)c1sc2nc(/C=C/c3ccc(OCC)cc3)[nH]c(=O)c2c1C. The lowest BCUT2D eigenvalue weighted by atomic mass is 10.2. The molecule has 0 saturated carbocycles. The van der Waals surface area contributed by atoms with E-state index < -0.39 is 5.97 Å². The highest BCUT2D eigenvalue weighted by atomic mass is 32.1. The minimum absolute atomic E-state index is 0.268. The molecule has 2 aromatic heterocycles. The summed E-state index contributed by atoms with van der Waals surface area (Å²) in [5.74, 6) is 0.810. The fourth-order valence-electron chi connectivity index (χ4n) is 2.65. The number of rotatable bonds is 6. The number of nitrogens with zero attached hydrogens (tertiary/aromatic N) is 1. The van der Waals surface area contributed by atoms with Crippen molar-refractivity contribution in [1.82, 2.24) is 9.97 Å². The van der Waals surface area contributed by atoms with Crippen molar-refractivity contribution >= 4 is 39.7 Å². The predicted molar refractivity (Wildman–Crippen MR) is 107 cm³/mol. The number of carbonyl (C=O) groups is 1. The maximum absolute atomic E-state index is 12.5. The Morgan fingerprint density at radius 1 is 1.19 bits per heavy atom. The molecule has 0 saturated heterocycles. The lowest BCUT2D eigenvalue weighted by molar-refractivity contribution is 0.0531. The van der Waals surface area contributed by atoms with E-state index >= 15 is 0 Å². The zero-order chi connectivity index (χ0) is 19.4. The first-order valence-electron chi connectivity index (χ1n) is 8.65. The summed E-state index contributed by atoms with van der Waals surface area (Å²) in [7, 11) is 0. The highest BCUT2D eigenvalue weighted by Gasteiger charge is 2.19. The molecule has 0 amide bonds. The van der Waals surface area contributed by atoms with Crippen molar-refractivity contribution in [3.63, 3.8) is 0 Å². The summed E-state index contributed by atoms with van der Waals surface area (Å²) < 4.78 is 10.5. The average Bonchev–Trinajstić information content (AvgIpc) is 2.99. The average molecular weight is 384 g/mol. The Morgan fingerprint density at radius 3 is 2.59 bits per heavy atom. The Hall–Kier alpha value is -2.93. The van der Waals surface area contributed by atoms with Gasteiger partial charge in [-0.2, -0.15) is 0 Å². The van der Waals surface area contributed by atoms with Gasteiger partial charge in [-0.05, 0) is 50.1 Å². The van der Waals surface area contributed by atoms with Gasteiger partial charge in [0.25, 0.3) is 5.56 Å². The Morgan fingerprint density at radius 2 is 1.93 bits per heavy atom. The van der Waals surface area contributed by atoms with E-state index in [1.54, 1.807) is 19.9 Å². The monoisotopic (exact) mass is 384 g/mol. The third-order valence-corrected chi connectivity index (χ3v) is 5.07. The van der Waals surface area contributed by atoms with E-state index in [2.05, 4.69) is 9.97 Å². The minimum atomic E-state index is -0.427. The van der Waals surface area contributed by atoms with Crippen LogP contribution in [0.1, 0.15) is 40.5 Å². The van der Waals surface area contributed by atoms with Crippen LogP contribution in [0.5, 0.6) is 5.75 Å². The summed E-state index contributed by atoms with van der Waals surface area (Å²) in [5, 5.41) is 0.432. The number of aryl methyl sites for hydroxylation is 1. The first-order valence-corrected chi connectivity index (χ1v) is 9.46. The minimum Gasteiger partial charge on any atom is -0.494 e. The van der Waals surface area contributed by atoms with Gasteiger partial charge in [-0.3, -0.25) is 4.79 Å². The zero-order valence-electron chi connectivity index (χ0n) is 15.4. The maximum atomic E-state index is 12.5. The molecule has 0 aliphatic carbocycles. The van der Waals surface area contributed by atoms with E-state index in [-0.39, 0.29) is 12.2 Å². The topological polar surface area (TPSA) is 81.3 Å². The van der Waals surface area contributed by atoms with Crippen LogP contribution in [0, 0.1) is 6.92 Å². The molecule has 27 heavy (non-hydrogen) atoms. The van der Waals surface area contributed by atoms with Gasteiger partial charge in [0.05, 0.1) is 18.6 Å². The van der Waals surface area contributed by atoms with E-state index in [1.807, 2.05) is 37.3 Å². The third kappa shape index (κ3) is 4.09. The van der Waals surface area contributed by atoms with E-state index in [4.69, 9.17) is 9.47 Å². The number of hydrogen-bond acceptors (Lipinski definition) is 6. The first kappa shape index (κ1) is 18.8. The smallest absolute Gasteiger partial charge is 0.348 e. The fourth-order valence-corrected chi connectivity index (χ4v) is 3.73. The fraction of sp³-hybridized carbons (Fsp3) is 0.250. The number of carbonyl (C=O) groups excluding carboxylic acids is 1. The molecular formula is C20H20N2O4S. The normalized spacial score (nSPS) is 11.2. The van der Waals surface area contributed by atoms with E-state index in [9.17, 15) is 9.59 Å². The Bertz CT molecular complexity index is 1050. The molecule has 0 spiro atoms. The van der Waals surface area contributed by atoms with Crippen LogP contribution in [0.4, 0.5) is 0 Å². The van der Waals surface area contributed by atoms with Crippen LogP contribution >= 0.6 is 11.3 Å². The van der Waals surface area contributed by atoms with Gasteiger partial charge in [0, 0.05) is 0 Å². The molecule has 0 bridgehead atoms. The van der Waals surface area contributed by atoms with Crippen molar-refractivity contribution in [2.75, 3.05) is 13.2 Å². The molecule has 3 aromatic rings. The van der Waals surface area contributed by atoms with Crippen molar-refractivity contribution in [2.45, 2.75) is 20.8 Å². The summed E-state index contributed by atoms with van der Waals surface area (Å²) in [5.41, 5.74) is 1.29. The van der Waals surface area contributed by atoms with Crippen LogP contribution < -0.4 is 10.3 Å². The van der Waals surface area contributed by atoms with Crippen molar-refractivity contribution in [2.24, 2.45) is 0 Å². The number of H-pyrrole nitrogens is 1. The lowest BCUT2D eigenvalue weighted by Gasteiger charge is -2.02. The Kier molecular flexibility index (Phi) is 5.71. The molecular weight excluding hydrogens is 364 g/mol. The summed E-state index contributed by atoms with van der Waals surface area (Å²) in [6, 6.07) is 7.62. The number of benzene rings is 1. The largest absolute Gasteiger partial charge is 0.494 e. The van der Waals surface area contributed by atoms with Gasteiger partial charge in [-0.25, -0.2) is 9.78 Å². The van der Waals surface area contributed by atoms with E-state index in [0.717, 1.165) is 11.3 Å². The highest BCUT2D eigenvalue weighted by Crippen LogP contribution is 2.27. The molecule has 2 heterocycles. The predicted octanol–water partition coefficient (Wildman–Crippen LogP) is 4.04. The van der Waals surface area contributed by atoms with Crippen molar-refractivity contribution in [3.05, 3.63) is 56.4 Å². The molecule has 1 N–H and O–H groups in total. The Balaban J connectivity index is 1.91. The van der Waals surface area contributed by atoms with Crippen LogP contribution in [0.2, 0.25) is 0 Å².